The van der Waals surface area contributed by atoms with Crippen LogP contribution in [0.15, 0.2) is 24.3 Å². The van der Waals surface area contributed by atoms with E-state index in [1.807, 2.05) is 0 Å². The van der Waals surface area contributed by atoms with Crippen LogP contribution >= 0.6 is 0 Å². The van der Waals surface area contributed by atoms with E-state index in [-0.39, 0.29) is 12.2 Å². The van der Waals surface area contributed by atoms with Crippen molar-refractivity contribution in [3.05, 3.63) is 29.8 Å². The van der Waals surface area contributed by atoms with Gasteiger partial charge in [0.1, 0.15) is 11.5 Å². The van der Waals surface area contributed by atoms with E-state index in [1.54, 1.807) is 12.1 Å². The first-order valence-corrected chi connectivity index (χ1v) is 4.73. The molecule has 1 N–H and O–H groups in total. The molecule has 1 aromatic carbocycles. The molecule has 0 heterocycles. The largest absolute Gasteiger partial charge is 0.508 e. The summed E-state index contributed by atoms with van der Waals surface area (Å²) in [7, 11) is 0. The van der Waals surface area contributed by atoms with Crippen LogP contribution in [0.1, 0.15) is 18.4 Å². The van der Waals surface area contributed by atoms with Crippen molar-refractivity contribution in [2.24, 2.45) is 0 Å². The zero-order valence-corrected chi connectivity index (χ0v) is 8.42. The summed E-state index contributed by atoms with van der Waals surface area (Å²) in [6.07, 6.45) is -5.98. The number of halogens is 3. The van der Waals surface area contributed by atoms with Gasteiger partial charge in [0.25, 0.3) is 0 Å². The Kier molecular flexibility index (Phi) is 3.93. The Balaban J connectivity index is 2.46. The van der Waals surface area contributed by atoms with E-state index in [4.69, 9.17) is 5.11 Å². The average Bonchev–Trinajstić information content (AvgIpc) is 2.14. The lowest BCUT2D eigenvalue weighted by molar-refractivity contribution is -0.143. The Morgan fingerprint density at radius 1 is 1.31 bits per heavy atom. The van der Waals surface area contributed by atoms with E-state index in [0.29, 0.717) is 5.56 Å². The minimum atomic E-state index is -4.30. The molecule has 1 aromatic rings. The quantitative estimate of drug-likeness (QED) is 0.866. The molecular weight excluding hydrogens is 221 g/mol. The second kappa shape index (κ2) is 5.01. The molecule has 0 spiro atoms. The molecule has 0 aliphatic rings. The van der Waals surface area contributed by atoms with Crippen LogP contribution in [-0.2, 0) is 11.2 Å². The van der Waals surface area contributed by atoms with E-state index in [1.165, 1.54) is 12.1 Å². The summed E-state index contributed by atoms with van der Waals surface area (Å²) in [6, 6.07) is 5.93. The number of hydrogen-bond acceptors (Lipinski definition) is 2. The molecule has 0 fully saturated rings. The van der Waals surface area contributed by atoms with Crippen LogP contribution in [0.3, 0.4) is 0 Å². The second-order valence-corrected chi connectivity index (χ2v) is 3.50. The fourth-order valence-electron chi connectivity index (χ4n) is 1.26. The minimum Gasteiger partial charge on any atom is -0.508 e. The molecule has 0 amide bonds. The molecule has 0 radical (unpaired) electrons. The van der Waals surface area contributed by atoms with E-state index in [9.17, 15) is 18.0 Å². The van der Waals surface area contributed by atoms with Gasteiger partial charge in [-0.3, -0.25) is 4.79 Å². The van der Waals surface area contributed by atoms with Gasteiger partial charge in [-0.1, -0.05) is 12.1 Å². The highest BCUT2D eigenvalue weighted by Crippen LogP contribution is 2.22. The van der Waals surface area contributed by atoms with E-state index < -0.39 is 24.8 Å². The lowest BCUT2D eigenvalue weighted by Gasteiger charge is -2.05. The molecule has 0 aliphatic heterocycles. The SMILES string of the molecule is O=C(CCC(F)(F)F)Cc1cccc(O)c1. The van der Waals surface area contributed by atoms with Gasteiger partial charge in [-0.2, -0.15) is 13.2 Å². The van der Waals surface area contributed by atoms with Crippen molar-refractivity contribution in [3.8, 4) is 5.75 Å². The highest BCUT2D eigenvalue weighted by atomic mass is 19.4. The topological polar surface area (TPSA) is 37.3 Å². The van der Waals surface area contributed by atoms with Gasteiger partial charge in [-0.15, -0.1) is 0 Å². The highest BCUT2D eigenvalue weighted by Gasteiger charge is 2.27. The predicted octanol–water partition coefficient (Wildman–Crippen LogP) is 2.85. The molecule has 0 bridgehead atoms. The van der Waals surface area contributed by atoms with Crippen LogP contribution in [0.5, 0.6) is 5.75 Å². The number of ketones is 1. The number of alkyl halides is 3. The summed E-state index contributed by atoms with van der Waals surface area (Å²) in [4.78, 5) is 11.2. The Morgan fingerprint density at radius 2 is 2.00 bits per heavy atom. The molecule has 2 nitrogen and oxygen atoms in total. The zero-order valence-electron chi connectivity index (χ0n) is 8.42. The van der Waals surface area contributed by atoms with Crippen molar-refractivity contribution in [3.63, 3.8) is 0 Å². The van der Waals surface area contributed by atoms with Gasteiger partial charge >= 0.3 is 6.18 Å². The van der Waals surface area contributed by atoms with Crippen LogP contribution in [0.4, 0.5) is 13.2 Å². The number of carbonyl (C=O) groups is 1. The summed E-state index contributed by atoms with van der Waals surface area (Å²) in [5, 5.41) is 9.09. The molecule has 0 aliphatic carbocycles. The molecule has 0 atom stereocenters. The van der Waals surface area contributed by atoms with Gasteiger partial charge in [0.05, 0.1) is 6.42 Å². The molecule has 1 rings (SSSR count). The summed E-state index contributed by atoms with van der Waals surface area (Å²) >= 11 is 0. The third kappa shape index (κ3) is 4.82. The Hall–Kier alpha value is -1.52. The number of hydrogen-bond donors (Lipinski definition) is 1. The highest BCUT2D eigenvalue weighted by molar-refractivity contribution is 5.80. The standard InChI is InChI=1S/C11H11F3O2/c12-11(13,14)5-4-10(16)7-8-2-1-3-9(15)6-8/h1-3,6,15H,4-5,7H2. The molecule has 5 heteroatoms. The first-order valence-electron chi connectivity index (χ1n) is 4.73. The third-order valence-corrected chi connectivity index (χ3v) is 2.00. The third-order valence-electron chi connectivity index (χ3n) is 2.00. The average molecular weight is 232 g/mol. The Labute approximate surface area is 90.7 Å². The summed E-state index contributed by atoms with van der Waals surface area (Å²) in [5.41, 5.74) is 0.521. The van der Waals surface area contributed by atoms with Crippen LogP contribution in [-0.4, -0.2) is 17.1 Å². The number of benzene rings is 1. The number of carbonyl (C=O) groups excluding carboxylic acids is 1. The van der Waals surface area contributed by atoms with Crippen molar-refractivity contribution < 1.29 is 23.1 Å². The van der Waals surface area contributed by atoms with Crippen molar-refractivity contribution in [2.75, 3.05) is 0 Å². The lowest BCUT2D eigenvalue weighted by Crippen LogP contribution is -2.12. The number of rotatable bonds is 4. The molecule has 88 valence electrons. The van der Waals surface area contributed by atoms with E-state index in [2.05, 4.69) is 0 Å². The predicted molar refractivity (Wildman–Crippen MR) is 52.1 cm³/mol. The summed E-state index contributed by atoms with van der Waals surface area (Å²) in [5.74, 6) is -0.482. The fraction of sp³-hybridized carbons (Fsp3) is 0.364. The van der Waals surface area contributed by atoms with Gasteiger partial charge in [-0.25, -0.2) is 0 Å². The molecular formula is C11H11F3O2. The second-order valence-electron chi connectivity index (χ2n) is 3.50. The van der Waals surface area contributed by atoms with E-state index in [0.717, 1.165) is 0 Å². The maximum absolute atomic E-state index is 11.8. The van der Waals surface area contributed by atoms with Crippen molar-refractivity contribution in [1.29, 1.82) is 0 Å². The van der Waals surface area contributed by atoms with Crippen molar-refractivity contribution in [2.45, 2.75) is 25.4 Å². The van der Waals surface area contributed by atoms with Gasteiger partial charge in [-0.05, 0) is 17.7 Å². The summed E-state index contributed by atoms with van der Waals surface area (Å²) in [6.45, 7) is 0. The van der Waals surface area contributed by atoms with Gasteiger partial charge in [0.2, 0.25) is 0 Å². The van der Waals surface area contributed by atoms with Gasteiger partial charge in [0, 0.05) is 12.8 Å². The lowest BCUT2D eigenvalue weighted by atomic mass is 10.1. The van der Waals surface area contributed by atoms with Crippen LogP contribution < -0.4 is 0 Å². The molecule has 0 aromatic heterocycles. The number of phenolic OH excluding ortho intramolecular Hbond substituents is 1. The fourth-order valence-corrected chi connectivity index (χ4v) is 1.26. The molecule has 16 heavy (non-hydrogen) atoms. The Morgan fingerprint density at radius 3 is 2.56 bits per heavy atom. The first-order chi connectivity index (χ1) is 7.37. The first kappa shape index (κ1) is 12.5. The smallest absolute Gasteiger partial charge is 0.389 e. The van der Waals surface area contributed by atoms with Crippen molar-refractivity contribution in [1.82, 2.24) is 0 Å². The number of aromatic hydroxyl groups is 1. The Bertz CT molecular complexity index is 372. The minimum absolute atomic E-state index is 0.00104. The zero-order chi connectivity index (χ0) is 12.2. The van der Waals surface area contributed by atoms with Gasteiger partial charge in [0.15, 0.2) is 0 Å². The maximum Gasteiger partial charge on any atom is 0.389 e. The number of Topliss-reactive ketones (excluding diaryl/α,β-unsaturated/α-hetero) is 1. The summed E-state index contributed by atoms with van der Waals surface area (Å²) < 4.78 is 35.5. The van der Waals surface area contributed by atoms with Crippen LogP contribution in [0.2, 0.25) is 0 Å². The van der Waals surface area contributed by atoms with Crippen LogP contribution in [0, 0.1) is 0 Å². The molecule has 0 saturated heterocycles. The number of phenols is 1. The van der Waals surface area contributed by atoms with Gasteiger partial charge < -0.3 is 5.11 Å². The molecule has 0 unspecified atom stereocenters. The maximum atomic E-state index is 11.8. The normalized spacial score (nSPS) is 11.4. The molecule has 0 saturated carbocycles. The monoisotopic (exact) mass is 232 g/mol. The van der Waals surface area contributed by atoms with E-state index >= 15 is 0 Å². The van der Waals surface area contributed by atoms with Crippen molar-refractivity contribution >= 4 is 5.78 Å². The van der Waals surface area contributed by atoms with Crippen LogP contribution in [0.25, 0.3) is 0 Å².